The number of hydrogen-bond acceptors (Lipinski definition) is 3. The molecular weight excluding hydrogens is 242 g/mol. The van der Waals surface area contributed by atoms with Gasteiger partial charge in [0.2, 0.25) is 0 Å². The lowest BCUT2D eigenvalue weighted by atomic mass is 10.0. The second kappa shape index (κ2) is 5.51. The van der Waals surface area contributed by atoms with E-state index in [1.54, 1.807) is 6.92 Å². The lowest BCUT2D eigenvalue weighted by molar-refractivity contribution is 0.103. The average molecular weight is 267 g/mol. The van der Waals surface area contributed by atoms with Crippen LogP contribution in [0.5, 0.6) is 0 Å². The summed E-state index contributed by atoms with van der Waals surface area (Å²) in [5.41, 5.74) is 1.20. The fraction of sp³-hybridized carbons (Fsp3) is 0.643. The Kier molecular flexibility index (Phi) is 4.70. The second-order valence-corrected chi connectivity index (χ2v) is 9.18. The number of pyridine rings is 1. The highest BCUT2D eigenvalue weighted by Crippen LogP contribution is 2.28. The van der Waals surface area contributed by atoms with Crippen LogP contribution in [0.3, 0.4) is 0 Å². The van der Waals surface area contributed by atoms with Gasteiger partial charge >= 0.3 is 0 Å². The minimum atomic E-state index is -0.633. The monoisotopic (exact) mass is 267 g/mol. The molecule has 0 aliphatic rings. The third-order valence-electron chi connectivity index (χ3n) is 2.68. The van der Waals surface area contributed by atoms with Crippen molar-refractivity contribution in [2.24, 2.45) is 0 Å². The first-order valence-corrected chi connectivity index (χ1v) is 7.70. The summed E-state index contributed by atoms with van der Waals surface area (Å²) in [6, 6.07) is 5.72. The highest BCUT2D eigenvalue weighted by atomic mass is 28.2. The molecule has 0 spiro atoms. The zero-order valence-electron chi connectivity index (χ0n) is 12.3. The first-order chi connectivity index (χ1) is 8.12. The molecule has 1 aromatic heterocycles. The molecule has 0 saturated heterocycles. The van der Waals surface area contributed by atoms with Crippen molar-refractivity contribution in [3.63, 3.8) is 0 Å². The number of aliphatic hydroxyl groups excluding tert-OH is 1. The molecule has 18 heavy (non-hydrogen) atoms. The molecule has 1 N–H and O–H groups in total. The summed E-state index contributed by atoms with van der Waals surface area (Å²) in [5.74, 6) is 0. The van der Waals surface area contributed by atoms with Crippen molar-refractivity contribution < 1.29 is 9.53 Å². The Hall–Kier alpha value is -0.713. The molecule has 1 atom stereocenters. The maximum atomic E-state index is 9.58. The number of hydrogen-bond donors (Lipinski definition) is 1. The topological polar surface area (TPSA) is 42.4 Å². The summed E-state index contributed by atoms with van der Waals surface area (Å²) in [5, 5.41) is 9.84. The highest BCUT2D eigenvalue weighted by Gasteiger charge is 2.26. The van der Waals surface area contributed by atoms with Crippen molar-refractivity contribution in [1.29, 1.82) is 0 Å². The van der Waals surface area contributed by atoms with Gasteiger partial charge in [-0.2, -0.15) is 0 Å². The Balaban J connectivity index is 2.87. The van der Waals surface area contributed by atoms with Gasteiger partial charge in [0.15, 0.2) is 9.76 Å². The van der Waals surface area contributed by atoms with Gasteiger partial charge in [0, 0.05) is 0 Å². The lowest BCUT2D eigenvalue weighted by Crippen LogP contribution is -2.28. The third-order valence-corrected chi connectivity index (χ3v) is 4.41. The molecule has 0 amide bonds. The summed E-state index contributed by atoms with van der Waals surface area (Å²) in [7, 11) is -0.633. The first kappa shape index (κ1) is 15.3. The Morgan fingerprint density at radius 2 is 1.83 bits per heavy atom. The van der Waals surface area contributed by atoms with E-state index in [1.165, 1.54) is 0 Å². The van der Waals surface area contributed by atoms with Gasteiger partial charge in [-0.3, -0.25) is 4.98 Å². The average Bonchev–Trinajstić information content (AvgIpc) is 2.26. The zero-order valence-corrected chi connectivity index (χ0v) is 13.7. The fourth-order valence-electron chi connectivity index (χ4n) is 1.49. The van der Waals surface area contributed by atoms with Crippen LogP contribution in [0.2, 0.25) is 5.04 Å². The molecule has 0 unspecified atom stereocenters. The maximum Gasteiger partial charge on any atom is 0.168 e. The molecule has 0 aliphatic carbocycles. The van der Waals surface area contributed by atoms with Crippen LogP contribution in [0.15, 0.2) is 18.2 Å². The van der Waals surface area contributed by atoms with E-state index in [-0.39, 0.29) is 10.6 Å². The molecule has 0 saturated carbocycles. The molecule has 102 valence electrons. The number of aliphatic hydroxyl groups is 1. The van der Waals surface area contributed by atoms with Crippen molar-refractivity contribution in [3.05, 3.63) is 29.6 Å². The Labute approximate surface area is 113 Å². The molecule has 3 nitrogen and oxygen atoms in total. The van der Waals surface area contributed by atoms with Gasteiger partial charge in [-0.1, -0.05) is 26.8 Å². The van der Waals surface area contributed by atoms with Gasteiger partial charge in [0.25, 0.3) is 0 Å². The maximum absolute atomic E-state index is 9.58. The Bertz CT molecular complexity index is 397. The van der Waals surface area contributed by atoms with E-state index in [9.17, 15) is 5.11 Å². The molecule has 4 heteroatoms. The van der Waals surface area contributed by atoms with E-state index < -0.39 is 15.9 Å². The smallest absolute Gasteiger partial charge is 0.168 e. The van der Waals surface area contributed by atoms with Crippen molar-refractivity contribution in [2.45, 2.75) is 58.3 Å². The molecular formula is C14H25NO2Si. The Morgan fingerprint density at radius 1 is 1.22 bits per heavy atom. The van der Waals surface area contributed by atoms with Crippen molar-refractivity contribution in [1.82, 2.24) is 4.98 Å². The molecule has 0 fully saturated rings. The minimum Gasteiger partial charge on any atom is -0.413 e. The van der Waals surface area contributed by atoms with Crippen molar-refractivity contribution >= 4 is 9.76 Å². The molecule has 1 rings (SSSR count). The fourth-order valence-corrected chi connectivity index (χ4v) is 2.43. The van der Waals surface area contributed by atoms with Crippen LogP contribution >= 0.6 is 0 Å². The summed E-state index contributed by atoms with van der Waals surface area (Å²) in [6.45, 7) is 12.4. The van der Waals surface area contributed by atoms with E-state index in [0.717, 1.165) is 5.69 Å². The zero-order chi connectivity index (χ0) is 14.0. The van der Waals surface area contributed by atoms with Crippen molar-refractivity contribution in [3.8, 4) is 0 Å². The molecule has 0 bridgehead atoms. The summed E-state index contributed by atoms with van der Waals surface area (Å²) >= 11 is 0. The number of aromatic nitrogens is 1. The second-order valence-electron chi connectivity index (χ2n) is 6.48. The predicted molar refractivity (Wildman–Crippen MR) is 77.2 cm³/mol. The summed E-state index contributed by atoms with van der Waals surface area (Å²) in [4.78, 5) is 4.49. The van der Waals surface area contributed by atoms with E-state index in [4.69, 9.17) is 4.43 Å². The van der Waals surface area contributed by atoms with Crippen LogP contribution in [0.1, 0.15) is 59.0 Å². The van der Waals surface area contributed by atoms with Crippen LogP contribution < -0.4 is 0 Å². The summed E-state index contributed by atoms with van der Waals surface area (Å²) in [6.07, 6.45) is -0.541. The molecule has 0 radical (unpaired) electrons. The van der Waals surface area contributed by atoms with Crippen LogP contribution in [-0.4, -0.2) is 19.9 Å². The standard InChI is InChI=1S/C14H25NO2Si/c1-10(16)11-8-7-9-12(15-11)14(5,6)17-18-13(2,3)4/h7-10,16H,18H2,1-6H3/t10-/m1/s1. The largest absolute Gasteiger partial charge is 0.413 e. The van der Waals surface area contributed by atoms with Gasteiger partial charge in [-0.25, -0.2) is 0 Å². The highest BCUT2D eigenvalue weighted by molar-refractivity contribution is 6.31. The van der Waals surface area contributed by atoms with E-state index >= 15 is 0 Å². The van der Waals surface area contributed by atoms with Crippen LogP contribution in [0.25, 0.3) is 0 Å². The Morgan fingerprint density at radius 3 is 2.33 bits per heavy atom. The normalized spacial score (nSPS) is 15.3. The SMILES string of the molecule is C[C@@H](O)c1cccc(C(C)(C)O[SiH2]C(C)(C)C)n1. The van der Waals surface area contributed by atoms with Gasteiger partial charge in [0.1, 0.15) is 0 Å². The molecule has 1 aromatic rings. The predicted octanol–water partition coefficient (Wildman–Crippen LogP) is 2.69. The quantitative estimate of drug-likeness (QED) is 0.853. The number of rotatable bonds is 4. The van der Waals surface area contributed by atoms with Gasteiger partial charge < -0.3 is 9.53 Å². The molecule has 1 heterocycles. The van der Waals surface area contributed by atoms with E-state index in [0.29, 0.717) is 5.69 Å². The summed E-state index contributed by atoms with van der Waals surface area (Å²) < 4.78 is 6.11. The van der Waals surface area contributed by atoms with Gasteiger partial charge in [0.05, 0.1) is 23.1 Å². The van der Waals surface area contributed by atoms with Crippen LogP contribution in [0.4, 0.5) is 0 Å². The lowest BCUT2D eigenvalue weighted by Gasteiger charge is -2.30. The van der Waals surface area contributed by atoms with Gasteiger partial charge in [-0.15, -0.1) is 0 Å². The van der Waals surface area contributed by atoms with E-state index in [1.807, 2.05) is 32.0 Å². The number of nitrogens with zero attached hydrogens (tertiary/aromatic N) is 1. The molecule has 0 aromatic carbocycles. The molecule has 0 aliphatic heterocycles. The third kappa shape index (κ3) is 4.52. The minimum absolute atomic E-state index is 0.263. The van der Waals surface area contributed by atoms with Crippen LogP contribution in [0, 0.1) is 0 Å². The van der Waals surface area contributed by atoms with E-state index in [2.05, 4.69) is 25.8 Å². The van der Waals surface area contributed by atoms with Gasteiger partial charge in [-0.05, 0) is 37.9 Å². The first-order valence-electron chi connectivity index (χ1n) is 6.41. The van der Waals surface area contributed by atoms with Crippen LogP contribution in [-0.2, 0) is 10.0 Å². The van der Waals surface area contributed by atoms with Crippen molar-refractivity contribution in [2.75, 3.05) is 0 Å².